The number of aromatic nitrogens is 2. The zero-order valence-corrected chi connectivity index (χ0v) is 12.4. The van der Waals surface area contributed by atoms with Gasteiger partial charge in [0.2, 0.25) is 0 Å². The van der Waals surface area contributed by atoms with Crippen molar-refractivity contribution in [3.05, 3.63) is 23.2 Å². The largest absolute Gasteiger partial charge is 0.337 e. The molecule has 2 rings (SSSR count). The van der Waals surface area contributed by atoms with Gasteiger partial charge >= 0.3 is 0 Å². The molecule has 1 saturated heterocycles. The fourth-order valence-corrected chi connectivity index (χ4v) is 2.70. The number of nitrogens with zero attached hydrogens (tertiary/aromatic N) is 3. The van der Waals surface area contributed by atoms with Gasteiger partial charge in [-0.2, -0.15) is 0 Å². The molecular weight excluding hydrogens is 262 g/mol. The van der Waals surface area contributed by atoms with Crippen LogP contribution in [0.3, 0.4) is 0 Å². The van der Waals surface area contributed by atoms with Crippen molar-refractivity contribution in [2.75, 3.05) is 13.1 Å². The highest BCUT2D eigenvalue weighted by molar-refractivity contribution is 6.29. The van der Waals surface area contributed by atoms with Crippen LogP contribution in [0.2, 0.25) is 5.15 Å². The molecule has 0 unspecified atom stereocenters. The Labute approximate surface area is 119 Å². The molecule has 0 aromatic carbocycles. The summed E-state index contributed by atoms with van der Waals surface area (Å²) in [5.41, 5.74) is 0.645. The van der Waals surface area contributed by atoms with Crippen molar-refractivity contribution in [2.45, 2.75) is 33.6 Å². The third kappa shape index (κ3) is 3.44. The van der Waals surface area contributed by atoms with E-state index in [0.29, 0.717) is 17.0 Å². The van der Waals surface area contributed by atoms with Crippen molar-refractivity contribution >= 4 is 17.5 Å². The van der Waals surface area contributed by atoms with E-state index in [1.54, 1.807) is 0 Å². The molecular formula is C14H20ClN3O. The number of hydrogen-bond donors (Lipinski definition) is 0. The molecule has 4 nitrogen and oxygen atoms in total. The summed E-state index contributed by atoms with van der Waals surface area (Å²) < 4.78 is 0. The predicted molar refractivity (Wildman–Crippen MR) is 75.1 cm³/mol. The van der Waals surface area contributed by atoms with E-state index >= 15 is 0 Å². The smallest absolute Gasteiger partial charge is 0.274 e. The van der Waals surface area contributed by atoms with Gasteiger partial charge in [0, 0.05) is 13.1 Å². The van der Waals surface area contributed by atoms with E-state index in [2.05, 4.69) is 30.7 Å². The number of rotatable bonds is 1. The van der Waals surface area contributed by atoms with Crippen molar-refractivity contribution < 1.29 is 4.79 Å². The highest BCUT2D eigenvalue weighted by atomic mass is 35.5. The van der Waals surface area contributed by atoms with E-state index in [1.165, 1.54) is 12.4 Å². The first-order valence-electron chi connectivity index (χ1n) is 6.65. The summed E-state index contributed by atoms with van der Waals surface area (Å²) in [6, 6.07) is 0. The first-order chi connectivity index (χ1) is 8.88. The van der Waals surface area contributed by atoms with Gasteiger partial charge < -0.3 is 4.90 Å². The minimum absolute atomic E-state index is 0.0673. The van der Waals surface area contributed by atoms with E-state index in [-0.39, 0.29) is 11.1 Å². The first kappa shape index (κ1) is 14.3. The molecule has 1 aromatic rings. The van der Waals surface area contributed by atoms with Gasteiger partial charge in [-0.25, -0.2) is 4.98 Å². The number of amides is 1. The highest BCUT2D eigenvalue weighted by Gasteiger charge is 2.31. The Balaban J connectivity index is 2.00. The van der Waals surface area contributed by atoms with E-state index in [4.69, 9.17) is 11.6 Å². The Morgan fingerprint density at radius 2 is 1.95 bits per heavy atom. The van der Waals surface area contributed by atoms with Crippen LogP contribution in [0.1, 0.15) is 44.1 Å². The molecule has 0 saturated carbocycles. The maximum absolute atomic E-state index is 12.3. The number of piperidine rings is 1. The first-order valence-corrected chi connectivity index (χ1v) is 7.02. The average Bonchev–Trinajstić information content (AvgIpc) is 2.37. The molecule has 2 heterocycles. The summed E-state index contributed by atoms with van der Waals surface area (Å²) in [5.74, 6) is 0.601. The van der Waals surface area contributed by atoms with Gasteiger partial charge in [-0.15, -0.1) is 0 Å². The minimum atomic E-state index is -0.0673. The highest BCUT2D eigenvalue weighted by Crippen LogP contribution is 2.34. The molecule has 1 aliphatic heterocycles. The number of likely N-dealkylation sites (tertiary alicyclic amines) is 1. The second-order valence-electron chi connectivity index (χ2n) is 6.16. The van der Waals surface area contributed by atoms with Gasteiger partial charge in [0.1, 0.15) is 10.8 Å². The quantitative estimate of drug-likeness (QED) is 0.795. The molecule has 0 spiro atoms. The molecule has 0 aliphatic carbocycles. The molecule has 1 fully saturated rings. The van der Waals surface area contributed by atoms with Crippen LogP contribution in [0.15, 0.2) is 12.4 Å². The number of carbonyl (C=O) groups is 1. The Bertz CT molecular complexity index is 462. The molecule has 1 aromatic heterocycles. The van der Waals surface area contributed by atoms with Gasteiger partial charge in [0.05, 0.1) is 12.4 Å². The van der Waals surface area contributed by atoms with Crippen molar-refractivity contribution in [1.29, 1.82) is 0 Å². The van der Waals surface area contributed by atoms with Crippen LogP contribution in [-0.4, -0.2) is 33.9 Å². The predicted octanol–water partition coefficient (Wildman–Crippen LogP) is 3.03. The third-order valence-electron chi connectivity index (χ3n) is 3.83. The number of carbonyl (C=O) groups excluding carboxylic acids is 1. The fraction of sp³-hybridized carbons (Fsp3) is 0.643. The molecule has 104 valence electrons. The molecule has 1 aliphatic rings. The fourth-order valence-electron chi connectivity index (χ4n) is 2.56. The Hall–Kier alpha value is -1.16. The second-order valence-corrected chi connectivity index (χ2v) is 6.55. The third-order valence-corrected chi connectivity index (χ3v) is 4.01. The van der Waals surface area contributed by atoms with Gasteiger partial charge in [-0.3, -0.25) is 9.78 Å². The van der Waals surface area contributed by atoms with Crippen LogP contribution in [0.25, 0.3) is 0 Å². The van der Waals surface area contributed by atoms with Crippen molar-refractivity contribution in [1.82, 2.24) is 14.9 Å². The maximum atomic E-state index is 12.3. The summed E-state index contributed by atoms with van der Waals surface area (Å²) >= 11 is 5.77. The SMILES string of the molecule is CC(C)(C)C1CCN(C(=O)c2cncc(Cl)n2)CC1. The molecule has 1 amide bonds. The lowest BCUT2D eigenvalue weighted by Crippen LogP contribution is -2.41. The monoisotopic (exact) mass is 281 g/mol. The summed E-state index contributed by atoms with van der Waals surface area (Å²) in [7, 11) is 0. The van der Waals surface area contributed by atoms with Crippen molar-refractivity contribution in [3.8, 4) is 0 Å². The van der Waals surface area contributed by atoms with E-state index in [0.717, 1.165) is 25.9 Å². The summed E-state index contributed by atoms with van der Waals surface area (Å²) in [4.78, 5) is 22.1. The normalized spacial score (nSPS) is 17.6. The van der Waals surface area contributed by atoms with Gasteiger partial charge in [0.15, 0.2) is 0 Å². The van der Waals surface area contributed by atoms with Crippen molar-refractivity contribution in [2.24, 2.45) is 11.3 Å². The Morgan fingerprint density at radius 3 is 2.47 bits per heavy atom. The lowest BCUT2D eigenvalue weighted by molar-refractivity contribution is 0.0602. The molecule has 0 radical (unpaired) electrons. The Morgan fingerprint density at radius 1 is 1.32 bits per heavy atom. The zero-order valence-electron chi connectivity index (χ0n) is 11.7. The number of hydrogen-bond acceptors (Lipinski definition) is 3. The maximum Gasteiger partial charge on any atom is 0.274 e. The Kier molecular flexibility index (Phi) is 4.09. The van der Waals surface area contributed by atoms with E-state index < -0.39 is 0 Å². The van der Waals surface area contributed by atoms with Crippen LogP contribution in [0.5, 0.6) is 0 Å². The number of halogens is 1. The molecule has 0 atom stereocenters. The van der Waals surface area contributed by atoms with Crippen molar-refractivity contribution in [3.63, 3.8) is 0 Å². The zero-order chi connectivity index (χ0) is 14.0. The lowest BCUT2D eigenvalue weighted by Gasteiger charge is -2.38. The van der Waals surface area contributed by atoms with Crippen LogP contribution >= 0.6 is 11.6 Å². The van der Waals surface area contributed by atoms with Crippen LogP contribution in [0, 0.1) is 11.3 Å². The molecule has 0 N–H and O–H groups in total. The van der Waals surface area contributed by atoms with Gasteiger partial charge in [-0.05, 0) is 24.2 Å². The second kappa shape index (κ2) is 5.45. The average molecular weight is 282 g/mol. The van der Waals surface area contributed by atoms with Crippen LogP contribution in [0.4, 0.5) is 0 Å². The lowest BCUT2D eigenvalue weighted by atomic mass is 9.75. The van der Waals surface area contributed by atoms with E-state index in [1.807, 2.05) is 4.90 Å². The summed E-state index contributed by atoms with van der Waals surface area (Å²) in [6.07, 6.45) is 5.00. The van der Waals surface area contributed by atoms with Gasteiger partial charge in [0.25, 0.3) is 5.91 Å². The molecule has 5 heteroatoms. The standard InChI is InChI=1S/C14H20ClN3O/c1-14(2,3)10-4-6-18(7-5-10)13(19)11-8-16-9-12(15)17-11/h8-10H,4-7H2,1-3H3. The minimum Gasteiger partial charge on any atom is -0.337 e. The summed E-state index contributed by atoms with van der Waals surface area (Å²) in [6.45, 7) is 8.36. The topological polar surface area (TPSA) is 46.1 Å². The van der Waals surface area contributed by atoms with E-state index in [9.17, 15) is 4.79 Å². The van der Waals surface area contributed by atoms with Crippen LogP contribution < -0.4 is 0 Å². The molecule has 19 heavy (non-hydrogen) atoms. The van der Waals surface area contributed by atoms with Gasteiger partial charge in [-0.1, -0.05) is 32.4 Å². The molecule has 0 bridgehead atoms. The summed E-state index contributed by atoms with van der Waals surface area (Å²) in [5, 5.41) is 0.260. The van der Waals surface area contributed by atoms with Crippen LogP contribution in [-0.2, 0) is 0 Å².